The first-order valence-corrected chi connectivity index (χ1v) is 8.03. The number of sulfonamides is 1. The van der Waals surface area contributed by atoms with E-state index in [1.165, 1.54) is 25.2 Å². The van der Waals surface area contributed by atoms with Gasteiger partial charge in [0.25, 0.3) is 11.8 Å². The summed E-state index contributed by atoms with van der Waals surface area (Å²) in [4.78, 5) is 24.5. The van der Waals surface area contributed by atoms with Crippen LogP contribution in [0.2, 0.25) is 0 Å². The molecular weight excluding hydrogens is 330 g/mol. The number of carbonyl (C=O) groups is 2. The van der Waals surface area contributed by atoms with Gasteiger partial charge >= 0.3 is 0 Å². The molecule has 1 aromatic rings. The number of unbranched alkanes of at least 4 members (excludes halogenated alkanes) is 1. The van der Waals surface area contributed by atoms with Gasteiger partial charge in [0.15, 0.2) is 0 Å². The zero-order chi connectivity index (χ0) is 15.6. The van der Waals surface area contributed by atoms with Gasteiger partial charge in [0.2, 0.25) is 10.0 Å². The highest BCUT2D eigenvalue weighted by molar-refractivity contribution is 7.89. The lowest BCUT2D eigenvalue weighted by Gasteiger charge is -2.07. The normalized spacial score (nSPS) is 14.0. The first kappa shape index (κ1) is 18.6. The molecule has 0 aliphatic carbocycles. The molecule has 1 aromatic carbocycles. The van der Waals surface area contributed by atoms with Gasteiger partial charge in [-0.05, 0) is 37.6 Å². The van der Waals surface area contributed by atoms with Gasteiger partial charge in [-0.2, -0.15) is 0 Å². The molecule has 2 rings (SSSR count). The van der Waals surface area contributed by atoms with Crippen molar-refractivity contribution >= 4 is 34.2 Å². The molecule has 2 amide bonds. The molecular formula is C13H18ClN3O4S. The Kier molecular flexibility index (Phi) is 6.07. The van der Waals surface area contributed by atoms with E-state index in [2.05, 4.69) is 4.72 Å². The molecule has 7 nitrogen and oxygen atoms in total. The predicted octanol–water partition coefficient (Wildman–Crippen LogP) is 0.351. The van der Waals surface area contributed by atoms with Crippen LogP contribution in [-0.2, 0) is 10.0 Å². The molecule has 0 fully saturated rings. The molecule has 1 aliphatic heterocycles. The largest absolute Gasteiger partial charge is 0.330 e. The molecule has 0 bridgehead atoms. The van der Waals surface area contributed by atoms with Gasteiger partial charge < -0.3 is 5.73 Å². The minimum absolute atomic E-state index is 0. The van der Waals surface area contributed by atoms with E-state index in [1.807, 2.05) is 0 Å². The van der Waals surface area contributed by atoms with E-state index in [0.29, 0.717) is 13.0 Å². The minimum atomic E-state index is -3.69. The van der Waals surface area contributed by atoms with Crippen molar-refractivity contribution in [2.45, 2.75) is 17.7 Å². The lowest BCUT2D eigenvalue weighted by atomic mass is 10.1. The average molecular weight is 348 g/mol. The summed E-state index contributed by atoms with van der Waals surface area (Å²) in [6.45, 7) is 0.785. The van der Waals surface area contributed by atoms with Crippen molar-refractivity contribution in [1.29, 1.82) is 0 Å². The third-order valence-electron chi connectivity index (χ3n) is 3.29. The van der Waals surface area contributed by atoms with Gasteiger partial charge in [-0.15, -0.1) is 12.4 Å². The highest BCUT2D eigenvalue weighted by Gasteiger charge is 2.33. The molecule has 0 atom stereocenters. The van der Waals surface area contributed by atoms with Crippen LogP contribution in [0.25, 0.3) is 0 Å². The van der Waals surface area contributed by atoms with E-state index in [4.69, 9.17) is 5.73 Å². The lowest BCUT2D eigenvalue weighted by Crippen LogP contribution is -2.25. The van der Waals surface area contributed by atoms with E-state index in [0.717, 1.165) is 11.3 Å². The van der Waals surface area contributed by atoms with Gasteiger partial charge in [0, 0.05) is 13.6 Å². The molecule has 0 saturated carbocycles. The monoisotopic (exact) mass is 347 g/mol. The van der Waals surface area contributed by atoms with Crippen LogP contribution in [0.5, 0.6) is 0 Å². The number of hydrogen-bond acceptors (Lipinski definition) is 5. The van der Waals surface area contributed by atoms with Gasteiger partial charge in [-0.1, -0.05) is 0 Å². The van der Waals surface area contributed by atoms with Crippen molar-refractivity contribution in [2.75, 3.05) is 20.1 Å². The number of rotatable bonds is 6. The fourth-order valence-corrected chi connectivity index (χ4v) is 3.17. The Balaban J connectivity index is 0.00000242. The summed E-state index contributed by atoms with van der Waals surface area (Å²) in [5.74, 6) is -0.912. The molecule has 1 heterocycles. The third kappa shape index (κ3) is 3.46. The maximum absolute atomic E-state index is 12.1. The van der Waals surface area contributed by atoms with Crippen LogP contribution in [0.4, 0.5) is 0 Å². The van der Waals surface area contributed by atoms with Crippen molar-refractivity contribution < 1.29 is 18.0 Å². The Bertz CT molecular complexity index is 691. The minimum Gasteiger partial charge on any atom is -0.330 e. The SMILES string of the molecule is CN1C(=O)c2ccc(S(=O)(=O)NCCCCN)cc2C1=O.Cl. The summed E-state index contributed by atoms with van der Waals surface area (Å²) in [5, 5.41) is 0. The van der Waals surface area contributed by atoms with Gasteiger partial charge in [0.1, 0.15) is 0 Å². The van der Waals surface area contributed by atoms with Crippen molar-refractivity contribution in [3.63, 3.8) is 0 Å². The van der Waals surface area contributed by atoms with Gasteiger partial charge in [-0.3, -0.25) is 14.5 Å². The maximum atomic E-state index is 12.1. The van der Waals surface area contributed by atoms with E-state index < -0.39 is 21.8 Å². The Hall–Kier alpha value is -1.48. The number of hydrogen-bond donors (Lipinski definition) is 2. The van der Waals surface area contributed by atoms with Gasteiger partial charge in [0.05, 0.1) is 16.0 Å². The summed E-state index contributed by atoms with van der Waals surface area (Å²) in [6, 6.07) is 3.94. The molecule has 0 spiro atoms. The second-order valence-electron chi connectivity index (χ2n) is 4.77. The fraction of sp³-hybridized carbons (Fsp3) is 0.385. The molecule has 3 N–H and O–H groups in total. The second-order valence-corrected chi connectivity index (χ2v) is 6.54. The summed E-state index contributed by atoms with van der Waals surface area (Å²) >= 11 is 0. The van der Waals surface area contributed by atoms with Crippen LogP contribution in [0.15, 0.2) is 23.1 Å². The summed E-state index contributed by atoms with van der Waals surface area (Å²) in [5.41, 5.74) is 5.69. The Labute approximate surface area is 135 Å². The van der Waals surface area contributed by atoms with E-state index in [-0.39, 0.29) is 35.0 Å². The third-order valence-corrected chi connectivity index (χ3v) is 4.75. The number of amides is 2. The second kappa shape index (κ2) is 7.19. The fourth-order valence-electron chi connectivity index (χ4n) is 2.07. The van der Waals surface area contributed by atoms with E-state index in [9.17, 15) is 18.0 Å². The molecule has 9 heteroatoms. The first-order valence-electron chi connectivity index (χ1n) is 6.54. The van der Waals surface area contributed by atoms with Crippen LogP contribution in [0.3, 0.4) is 0 Å². The Morgan fingerprint density at radius 1 is 1.14 bits per heavy atom. The Morgan fingerprint density at radius 2 is 1.77 bits per heavy atom. The number of carbonyl (C=O) groups excluding carboxylic acids is 2. The van der Waals surface area contributed by atoms with Gasteiger partial charge in [-0.25, -0.2) is 13.1 Å². The van der Waals surface area contributed by atoms with Crippen molar-refractivity contribution in [1.82, 2.24) is 9.62 Å². The lowest BCUT2D eigenvalue weighted by molar-refractivity contribution is 0.0693. The van der Waals surface area contributed by atoms with E-state index >= 15 is 0 Å². The van der Waals surface area contributed by atoms with Crippen molar-refractivity contribution in [3.8, 4) is 0 Å². The van der Waals surface area contributed by atoms with E-state index in [1.54, 1.807) is 0 Å². The highest BCUT2D eigenvalue weighted by atomic mass is 35.5. The Morgan fingerprint density at radius 3 is 2.41 bits per heavy atom. The quantitative estimate of drug-likeness (QED) is 0.570. The molecule has 1 aliphatic rings. The summed E-state index contributed by atoms with van der Waals surface area (Å²) < 4.78 is 26.7. The number of benzene rings is 1. The maximum Gasteiger partial charge on any atom is 0.261 e. The molecule has 122 valence electrons. The summed E-state index contributed by atoms with van der Waals surface area (Å²) in [6.07, 6.45) is 1.37. The highest BCUT2D eigenvalue weighted by Crippen LogP contribution is 2.24. The standard InChI is InChI=1S/C13H17N3O4S.ClH/c1-16-12(17)10-5-4-9(8-11(10)13(16)18)21(19,20)15-7-3-2-6-14;/h4-5,8,15H,2-3,6-7,14H2,1H3;1H. The molecule has 22 heavy (non-hydrogen) atoms. The van der Waals surface area contributed by atoms with Crippen molar-refractivity contribution in [2.24, 2.45) is 5.73 Å². The average Bonchev–Trinajstić information content (AvgIpc) is 2.68. The number of nitrogens with one attached hydrogen (secondary N) is 1. The summed E-state index contributed by atoms with van der Waals surface area (Å²) in [7, 11) is -2.33. The topological polar surface area (TPSA) is 110 Å². The number of halogens is 1. The molecule has 0 radical (unpaired) electrons. The predicted molar refractivity (Wildman–Crippen MR) is 83.6 cm³/mol. The zero-order valence-electron chi connectivity index (χ0n) is 12.0. The molecule has 0 saturated heterocycles. The number of nitrogens with two attached hydrogens (primary N) is 1. The van der Waals surface area contributed by atoms with Crippen LogP contribution in [0, 0.1) is 0 Å². The molecule has 0 unspecified atom stereocenters. The van der Waals surface area contributed by atoms with Crippen LogP contribution in [0.1, 0.15) is 33.6 Å². The number of nitrogens with zero attached hydrogens (tertiary/aromatic N) is 1. The van der Waals surface area contributed by atoms with Crippen LogP contribution >= 0.6 is 12.4 Å². The van der Waals surface area contributed by atoms with Crippen molar-refractivity contribution in [3.05, 3.63) is 29.3 Å². The van der Waals surface area contributed by atoms with Crippen LogP contribution < -0.4 is 10.5 Å². The first-order chi connectivity index (χ1) is 9.88. The molecule has 0 aromatic heterocycles. The van der Waals surface area contributed by atoms with Crippen LogP contribution in [-0.4, -0.2) is 45.3 Å². The smallest absolute Gasteiger partial charge is 0.261 e. The number of imide groups is 1. The number of fused-ring (bicyclic) bond motifs is 1. The zero-order valence-corrected chi connectivity index (χ0v) is 13.7.